The van der Waals surface area contributed by atoms with E-state index >= 15 is 0 Å². The summed E-state index contributed by atoms with van der Waals surface area (Å²) in [5.41, 5.74) is 7.01. The van der Waals surface area contributed by atoms with Gasteiger partial charge in [-0.25, -0.2) is 0 Å². The summed E-state index contributed by atoms with van der Waals surface area (Å²) in [7, 11) is 1.91. The fourth-order valence-corrected chi connectivity index (χ4v) is 1.14. The highest BCUT2D eigenvalue weighted by atomic mass is 15.2. The Morgan fingerprint density at radius 1 is 1.53 bits per heavy atom. The zero-order valence-corrected chi connectivity index (χ0v) is 9.99. The van der Waals surface area contributed by atoms with Crippen LogP contribution in [0.4, 0.5) is 0 Å². The highest BCUT2D eigenvalue weighted by Crippen LogP contribution is 2.12. The maximum Gasteiger partial charge on any atom is 0.0991 e. The molecule has 0 aliphatic heterocycles. The van der Waals surface area contributed by atoms with Crippen LogP contribution in [0.5, 0.6) is 0 Å². The van der Waals surface area contributed by atoms with Gasteiger partial charge < -0.3 is 5.73 Å². The average Bonchev–Trinajstić information content (AvgIpc) is 2.49. The molecule has 0 bridgehead atoms. The van der Waals surface area contributed by atoms with Crippen molar-refractivity contribution in [1.82, 2.24) is 9.78 Å². The molecule has 1 aromatic heterocycles. The molecule has 0 spiro atoms. The number of aliphatic imine (C=N–C) groups is 1. The summed E-state index contributed by atoms with van der Waals surface area (Å²) in [5.74, 6) is 0.714. The first kappa shape index (κ1) is 11.8. The second kappa shape index (κ2) is 4.47. The van der Waals surface area contributed by atoms with Crippen molar-refractivity contribution in [3.05, 3.63) is 18.0 Å². The summed E-state index contributed by atoms with van der Waals surface area (Å²) < 4.78 is 1.80. The van der Waals surface area contributed by atoms with Gasteiger partial charge in [0.2, 0.25) is 0 Å². The highest BCUT2D eigenvalue weighted by molar-refractivity contribution is 5.85. The molecule has 0 amide bonds. The molecule has 0 aliphatic carbocycles. The molecule has 0 atom stereocenters. The van der Waals surface area contributed by atoms with Crippen molar-refractivity contribution in [2.24, 2.45) is 23.2 Å². The van der Waals surface area contributed by atoms with Crippen molar-refractivity contribution in [3.63, 3.8) is 0 Å². The Labute approximate surface area is 91.2 Å². The molecule has 0 radical (unpaired) electrons. The minimum Gasteiger partial charge on any atom is -0.387 e. The third-order valence-electron chi connectivity index (χ3n) is 2.21. The summed E-state index contributed by atoms with van der Waals surface area (Å²) >= 11 is 0. The van der Waals surface area contributed by atoms with Crippen LogP contribution in [0.3, 0.4) is 0 Å². The number of nitrogens with zero attached hydrogens (tertiary/aromatic N) is 3. The topological polar surface area (TPSA) is 56.2 Å². The maximum atomic E-state index is 5.85. The number of hydrogen-bond acceptors (Lipinski definition) is 2. The number of nitrogens with two attached hydrogens (primary N) is 1. The van der Waals surface area contributed by atoms with Crippen LogP contribution in [-0.2, 0) is 13.5 Å². The van der Waals surface area contributed by atoms with E-state index in [4.69, 9.17) is 5.73 Å². The Morgan fingerprint density at radius 3 is 2.67 bits per heavy atom. The number of aryl methyl sites for hydroxylation is 1. The van der Waals surface area contributed by atoms with Crippen LogP contribution in [-0.4, -0.2) is 22.2 Å². The van der Waals surface area contributed by atoms with Gasteiger partial charge in [0.05, 0.1) is 12.0 Å². The van der Waals surface area contributed by atoms with Gasteiger partial charge in [-0.2, -0.15) is 5.10 Å². The molecule has 84 valence electrons. The Balaban J connectivity index is 2.45. The summed E-state index contributed by atoms with van der Waals surface area (Å²) in [6, 6.07) is 0. The molecule has 0 aromatic carbocycles. The standard InChI is InChI=1S/C11H20N4/c1-11(2,3)10(12)13-6-5-9-7-14-15(4)8-9/h7-8H,5-6H2,1-4H3,(H2,12,13). The quantitative estimate of drug-likeness (QED) is 0.602. The third kappa shape index (κ3) is 3.73. The summed E-state index contributed by atoms with van der Waals surface area (Å²) in [6.45, 7) is 6.93. The molecule has 4 heteroatoms. The maximum absolute atomic E-state index is 5.85. The van der Waals surface area contributed by atoms with Gasteiger partial charge in [0.15, 0.2) is 0 Å². The van der Waals surface area contributed by atoms with Crippen LogP contribution in [0.1, 0.15) is 26.3 Å². The predicted molar refractivity (Wildman–Crippen MR) is 62.9 cm³/mol. The van der Waals surface area contributed by atoms with Gasteiger partial charge in [-0.1, -0.05) is 20.8 Å². The molecule has 1 aromatic rings. The van der Waals surface area contributed by atoms with E-state index in [0.29, 0.717) is 5.84 Å². The SMILES string of the molecule is Cn1cc(CCN=C(N)C(C)(C)C)cn1. The molecule has 2 N–H and O–H groups in total. The Kier molecular flexibility index (Phi) is 3.50. The second-order valence-electron chi connectivity index (χ2n) is 4.79. The molecule has 0 aliphatic rings. The van der Waals surface area contributed by atoms with E-state index < -0.39 is 0 Å². The molecule has 0 unspecified atom stereocenters. The molecule has 0 saturated carbocycles. The van der Waals surface area contributed by atoms with Crippen molar-refractivity contribution in [2.75, 3.05) is 6.54 Å². The zero-order valence-electron chi connectivity index (χ0n) is 9.99. The van der Waals surface area contributed by atoms with Crippen LogP contribution >= 0.6 is 0 Å². The number of rotatable bonds is 3. The van der Waals surface area contributed by atoms with Gasteiger partial charge in [-0.3, -0.25) is 9.67 Å². The van der Waals surface area contributed by atoms with Gasteiger partial charge in [0.25, 0.3) is 0 Å². The van der Waals surface area contributed by atoms with Crippen molar-refractivity contribution in [2.45, 2.75) is 27.2 Å². The fourth-order valence-electron chi connectivity index (χ4n) is 1.14. The van der Waals surface area contributed by atoms with Crippen LogP contribution in [0.15, 0.2) is 17.4 Å². The lowest BCUT2D eigenvalue weighted by molar-refractivity contribution is 0.581. The number of amidine groups is 1. The van der Waals surface area contributed by atoms with Crippen molar-refractivity contribution < 1.29 is 0 Å². The van der Waals surface area contributed by atoms with E-state index in [1.165, 1.54) is 5.56 Å². The van der Waals surface area contributed by atoms with E-state index in [1.807, 2.05) is 19.4 Å². The largest absolute Gasteiger partial charge is 0.387 e. The third-order valence-corrected chi connectivity index (χ3v) is 2.21. The van der Waals surface area contributed by atoms with Crippen molar-refractivity contribution in [3.8, 4) is 0 Å². The van der Waals surface area contributed by atoms with Crippen molar-refractivity contribution in [1.29, 1.82) is 0 Å². The summed E-state index contributed by atoms with van der Waals surface area (Å²) in [5, 5.41) is 4.10. The van der Waals surface area contributed by atoms with Gasteiger partial charge in [-0.05, 0) is 12.0 Å². The first-order valence-electron chi connectivity index (χ1n) is 5.17. The molecule has 0 saturated heterocycles. The van der Waals surface area contributed by atoms with E-state index in [0.717, 1.165) is 13.0 Å². The second-order valence-corrected chi connectivity index (χ2v) is 4.79. The number of hydrogen-bond donors (Lipinski definition) is 1. The molecule has 4 nitrogen and oxygen atoms in total. The first-order chi connectivity index (χ1) is 6.89. The summed E-state index contributed by atoms with van der Waals surface area (Å²) in [4.78, 5) is 4.36. The Bertz CT molecular complexity index is 344. The Hall–Kier alpha value is -1.32. The van der Waals surface area contributed by atoms with Crippen LogP contribution < -0.4 is 5.73 Å². The van der Waals surface area contributed by atoms with E-state index in [-0.39, 0.29) is 5.41 Å². The van der Waals surface area contributed by atoms with Crippen LogP contribution in [0, 0.1) is 5.41 Å². The lowest BCUT2D eigenvalue weighted by atomic mass is 9.95. The summed E-state index contributed by atoms with van der Waals surface area (Å²) in [6.07, 6.45) is 4.76. The normalized spacial score (nSPS) is 13.2. The van der Waals surface area contributed by atoms with Crippen LogP contribution in [0.2, 0.25) is 0 Å². The first-order valence-corrected chi connectivity index (χ1v) is 5.17. The van der Waals surface area contributed by atoms with Gasteiger partial charge in [0, 0.05) is 25.2 Å². The lowest BCUT2D eigenvalue weighted by Crippen LogP contribution is -2.29. The molecule has 1 rings (SSSR count). The minimum absolute atomic E-state index is 0.0328. The molecular formula is C11H20N4. The lowest BCUT2D eigenvalue weighted by Gasteiger charge is -2.17. The van der Waals surface area contributed by atoms with Gasteiger partial charge >= 0.3 is 0 Å². The van der Waals surface area contributed by atoms with E-state index in [9.17, 15) is 0 Å². The van der Waals surface area contributed by atoms with Gasteiger partial charge in [0.1, 0.15) is 0 Å². The van der Waals surface area contributed by atoms with Gasteiger partial charge in [-0.15, -0.1) is 0 Å². The van der Waals surface area contributed by atoms with E-state index in [2.05, 4.69) is 30.9 Å². The average molecular weight is 208 g/mol. The van der Waals surface area contributed by atoms with Crippen LogP contribution in [0.25, 0.3) is 0 Å². The molecule has 15 heavy (non-hydrogen) atoms. The predicted octanol–water partition coefficient (Wildman–Crippen LogP) is 1.37. The van der Waals surface area contributed by atoms with Crippen molar-refractivity contribution >= 4 is 5.84 Å². The number of aromatic nitrogens is 2. The minimum atomic E-state index is -0.0328. The molecular weight excluding hydrogens is 188 g/mol. The Morgan fingerprint density at radius 2 is 2.20 bits per heavy atom. The molecule has 1 heterocycles. The molecule has 0 fully saturated rings. The fraction of sp³-hybridized carbons (Fsp3) is 0.636. The monoisotopic (exact) mass is 208 g/mol. The highest BCUT2D eigenvalue weighted by Gasteiger charge is 2.14. The smallest absolute Gasteiger partial charge is 0.0991 e. The zero-order chi connectivity index (χ0) is 11.5. The van der Waals surface area contributed by atoms with E-state index in [1.54, 1.807) is 4.68 Å².